The Morgan fingerprint density at radius 2 is 2.33 bits per heavy atom. The van der Waals surface area contributed by atoms with E-state index in [4.69, 9.17) is 10.8 Å². The van der Waals surface area contributed by atoms with Crippen molar-refractivity contribution in [1.82, 2.24) is 0 Å². The van der Waals surface area contributed by atoms with Crippen LogP contribution in [0.4, 0.5) is 11.4 Å². The number of anilines is 2. The van der Waals surface area contributed by atoms with Gasteiger partial charge in [0, 0.05) is 13.1 Å². The summed E-state index contributed by atoms with van der Waals surface area (Å²) in [6, 6.07) is 5.24. The van der Waals surface area contributed by atoms with Gasteiger partial charge in [-0.1, -0.05) is 19.4 Å². The lowest BCUT2D eigenvalue weighted by atomic mass is 9.95. The van der Waals surface area contributed by atoms with Crippen molar-refractivity contribution < 1.29 is 9.90 Å². The first-order valence-electron chi connectivity index (χ1n) is 6.50. The fourth-order valence-corrected chi connectivity index (χ4v) is 2.63. The highest BCUT2D eigenvalue weighted by atomic mass is 16.4. The van der Waals surface area contributed by atoms with Crippen LogP contribution in [0.1, 0.15) is 36.5 Å². The molecule has 0 saturated carbocycles. The van der Waals surface area contributed by atoms with Crippen molar-refractivity contribution in [3.8, 4) is 0 Å². The minimum atomic E-state index is -0.960. The number of aromatic carboxylic acids is 1. The normalized spacial score (nSPS) is 19.8. The van der Waals surface area contributed by atoms with Crippen LogP contribution in [0, 0.1) is 5.92 Å². The minimum Gasteiger partial charge on any atom is -0.478 e. The number of hydrogen-bond donors (Lipinski definition) is 2. The molecule has 1 fully saturated rings. The van der Waals surface area contributed by atoms with Gasteiger partial charge in [-0.3, -0.25) is 0 Å². The maximum Gasteiger partial charge on any atom is 0.337 e. The molecule has 4 heteroatoms. The summed E-state index contributed by atoms with van der Waals surface area (Å²) in [4.78, 5) is 13.3. The Morgan fingerprint density at radius 3 is 3.00 bits per heavy atom. The highest BCUT2D eigenvalue weighted by Crippen LogP contribution is 2.31. The highest BCUT2D eigenvalue weighted by molar-refractivity contribution is 5.97. The molecule has 0 aromatic heterocycles. The Bertz CT molecular complexity index is 445. The van der Waals surface area contributed by atoms with Gasteiger partial charge in [0.1, 0.15) is 0 Å². The van der Waals surface area contributed by atoms with Crippen LogP contribution in [0.15, 0.2) is 18.2 Å². The maximum absolute atomic E-state index is 11.1. The Labute approximate surface area is 107 Å². The van der Waals surface area contributed by atoms with Crippen molar-refractivity contribution in [1.29, 1.82) is 0 Å². The fourth-order valence-electron chi connectivity index (χ4n) is 2.63. The SMILES string of the molecule is CCC1CCCN(c2cccc(C(=O)O)c2N)C1. The molecular formula is C14H20N2O2. The zero-order chi connectivity index (χ0) is 13.1. The van der Waals surface area contributed by atoms with Gasteiger partial charge in [-0.15, -0.1) is 0 Å². The zero-order valence-electron chi connectivity index (χ0n) is 10.7. The second kappa shape index (κ2) is 5.29. The van der Waals surface area contributed by atoms with Crippen LogP contribution in [0.5, 0.6) is 0 Å². The van der Waals surface area contributed by atoms with Gasteiger partial charge in [0.25, 0.3) is 0 Å². The summed E-state index contributed by atoms with van der Waals surface area (Å²) in [5.41, 5.74) is 7.44. The number of para-hydroxylation sites is 1. The summed E-state index contributed by atoms with van der Waals surface area (Å²) in [5.74, 6) is -0.273. The number of hydrogen-bond acceptors (Lipinski definition) is 3. The van der Waals surface area contributed by atoms with Crippen LogP contribution in [0.3, 0.4) is 0 Å². The first-order chi connectivity index (χ1) is 8.63. The summed E-state index contributed by atoms with van der Waals surface area (Å²) in [6.07, 6.45) is 3.57. The first kappa shape index (κ1) is 12.7. The van der Waals surface area contributed by atoms with Gasteiger partial charge < -0.3 is 15.7 Å². The number of carboxylic acids is 1. The standard InChI is InChI=1S/C14H20N2O2/c1-2-10-5-4-8-16(9-10)12-7-3-6-11(13(12)15)14(17)18/h3,6-7,10H,2,4-5,8-9,15H2,1H3,(H,17,18). The van der Waals surface area contributed by atoms with Crippen LogP contribution >= 0.6 is 0 Å². The average Bonchev–Trinajstić information content (AvgIpc) is 2.38. The van der Waals surface area contributed by atoms with Gasteiger partial charge in [0.2, 0.25) is 0 Å². The molecule has 3 N–H and O–H groups in total. The van der Waals surface area contributed by atoms with Gasteiger partial charge in [0.15, 0.2) is 0 Å². The van der Waals surface area contributed by atoms with Crippen LogP contribution in [-0.2, 0) is 0 Å². The molecule has 98 valence electrons. The van der Waals surface area contributed by atoms with E-state index in [0.717, 1.165) is 31.6 Å². The lowest BCUT2D eigenvalue weighted by molar-refractivity contribution is 0.0698. The number of nitrogens with two attached hydrogens (primary N) is 1. The summed E-state index contributed by atoms with van der Waals surface area (Å²) in [5, 5.41) is 9.09. The molecule has 0 amide bonds. The van der Waals surface area contributed by atoms with Crippen LogP contribution in [0.2, 0.25) is 0 Å². The molecule has 0 spiro atoms. The number of benzene rings is 1. The van der Waals surface area contributed by atoms with E-state index in [0.29, 0.717) is 11.6 Å². The minimum absolute atomic E-state index is 0.200. The monoisotopic (exact) mass is 248 g/mol. The molecule has 4 nitrogen and oxygen atoms in total. The van der Waals surface area contributed by atoms with Crippen molar-refractivity contribution in [2.45, 2.75) is 26.2 Å². The zero-order valence-corrected chi connectivity index (χ0v) is 10.7. The van der Waals surface area contributed by atoms with Gasteiger partial charge in [-0.25, -0.2) is 4.79 Å². The predicted molar refractivity (Wildman–Crippen MR) is 73.0 cm³/mol. The second-order valence-electron chi connectivity index (χ2n) is 4.91. The molecular weight excluding hydrogens is 228 g/mol. The molecule has 1 heterocycles. The number of rotatable bonds is 3. The van der Waals surface area contributed by atoms with E-state index >= 15 is 0 Å². The molecule has 1 saturated heterocycles. The molecule has 2 rings (SSSR count). The first-order valence-corrected chi connectivity index (χ1v) is 6.50. The Hall–Kier alpha value is -1.71. The molecule has 1 aliphatic rings. The van der Waals surface area contributed by atoms with Gasteiger partial charge in [-0.05, 0) is 30.9 Å². The topological polar surface area (TPSA) is 66.6 Å². The van der Waals surface area contributed by atoms with E-state index in [9.17, 15) is 4.79 Å². The lowest BCUT2D eigenvalue weighted by Crippen LogP contribution is -2.35. The quantitative estimate of drug-likeness (QED) is 0.807. The third kappa shape index (κ3) is 2.42. The van der Waals surface area contributed by atoms with E-state index in [1.54, 1.807) is 12.1 Å². The Kier molecular flexibility index (Phi) is 3.75. The van der Waals surface area contributed by atoms with Crippen LogP contribution < -0.4 is 10.6 Å². The van der Waals surface area contributed by atoms with E-state index < -0.39 is 5.97 Å². The fraction of sp³-hybridized carbons (Fsp3) is 0.500. The van der Waals surface area contributed by atoms with Gasteiger partial charge in [0.05, 0.1) is 16.9 Å². The van der Waals surface area contributed by atoms with Crippen molar-refractivity contribution in [3.05, 3.63) is 23.8 Å². The number of nitrogen functional groups attached to an aromatic ring is 1. The van der Waals surface area contributed by atoms with Crippen LogP contribution in [0.25, 0.3) is 0 Å². The molecule has 0 aliphatic carbocycles. The van der Waals surface area contributed by atoms with Crippen molar-refractivity contribution in [2.24, 2.45) is 5.92 Å². The molecule has 1 aromatic rings. The highest BCUT2D eigenvalue weighted by Gasteiger charge is 2.21. The Balaban J connectivity index is 2.27. The van der Waals surface area contributed by atoms with Crippen LogP contribution in [-0.4, -0.2) is 24.2 Å². The van der Waals surface area contributed by atoms with Crippen molar-refractivity contribution in [3.63, 3.8) is 0 Å². The van der Waals surface area contributed by atoms with E-state index in [1.807, 2.05) is 6.07 Å². The Morgan fingerprint density at radius 1 is 1.56 bits per heavy atom. The van der Waals surface area contributed by atoms with E-state index in [2.05, 4.69) is 11.8 Å². The number of nitrogens with zero attached hydrogens (tertiary/aromatic N) is 1. The molecule has 18 heavy (non-hydrogen) atoms. The van der Waals surface area contributed by atoms with Gasteiger partial charge >= 0.3 is 5.97 Å². The third-order valence-electron chi connectivity index (χ3n) is 3.75. The van der Waals surface area contributed by atoms with Gasteiger partial charge in [-0.2, -0.15) is 0 Å². The lowest BCUT2D eigenvalue weighted by Gasteiger charge is -2.34. The molecule has 1 atom stereocenters. The summed E-state index contributed by atoms with van der Waals surface area (Å²) in [6.45, 7) is 4.14. The summed E-state index contributed by atoms with van der Waals surface area (Å²) in [7, 11) is 0. The largest absolute Gasteiger partial charge is 0.478 e. The third-order valence-corrected chi connectivity index (χ3v) is 3.75. The number of carbonyl (C=O) groups is 1. The second-order valence-corrected chi connectivity index (χ2v) is 4.91. The predicted octanol–water partition coefficient (Wildman–Crippen LogP) is 2.59. The average molecular weight is 248 g/mol. The van der Waals surface area contributed by atoms with Crippen molar-refractivity contribution >= 4 is 17.3 Å². The maximum atomic E-state index is 11.1. The smallest absolute Gasteiger partial charge is 0.337 e. The molecule has 1 aliphatic heterocycles. The summed E-state index contributed by atoms with van der Waals surface area (Å²) >= 11 is 0. The van der Waals surface area contributed by atoms with Crippen molar-refractivity contribution in [2.75, 3.05) is 23.7 Å². The summed E-state index contributed by atoms with van der Waals surface area (Å²) < 4.78 is 0. The molecule has 1 unspecified atom stereocenters. The molecule has 0 bridgehead atoms. The van der Waals surface area contributed by atoms with E-state index in [1.165, 1.54) is 6.42 Å². The molecule has 1 aromatic carbocycles. The number of piperidine rings is 1. The molecule has 0 radical (unpaired) electrons. The number of carboxylic acid groups (broad SMARTS) is 1. The van der Waals surface area contributed by atoms with E-state index in [-0.39, 0.29) is 5.56 Å².